The van der Waals surface area contributed by atoms with Gasteiger partial charge in [-0.15, -0.1) is 0 Å². The van der Waals surface area contributed by atoms with Crippen molar-refractivity contribution in [3.05, 3.63) is 33.5 Å². The summed E-state index contributed by atoms with van der Waals surface area (Å²) in [5.41, 5.74) is 6.03. The van der Waals surface area contributed by atoms with E-state index in [1.165, 1.54) is 11.3 Å². The maximum absolute atomic E-state index is 15.0. The van der Waals surface area contributed by atoms with Crippen molar-refractivity contribution in [3.8, 4) is 0 Å². The van der Waals surface area contributed by atoms with Gasteiger partial charge in [0.1, 0.15) is 0 Å². The molecule has 1 saturated carbocycles. The van der Waals surface area contributed by atoms with Crippen molar-refractivity contribution in [1.82, 2.24) is 20.7 Å². The Morgan fingerprint density at radius 2 is 1.97 bits per heavy atom. The molecule has 10 nitrogen and oxygen atoms in total. The highest BCUT2D eigenvalue weighted by Gasteiger charge is 2.27. The van der Waals surface area contributed by atoms with Gasteiger partial charge >= 0.3 is 6.09 Å². The maximum atomic E-state index is 15.0. The number of nitrogens with one attached hydrogen (secondary N) is 4. The minimum absolute atomic E-state index is 0.0794. The molecule has 0 aromatic carbocycles. The lowest BCUT2D eigenvalue weighted by Crippen LogP contribution is -2.43. The van der Waals surface area contributed by atoms with E-state index in [-0.39, 0.29) is 23.5 Å². The van der Waals surface area contributed by atoms with Crippen LogP contribution < -0.4 is 21.5 Å². The highest BCUT2D eigenvalue weighted by molar-refractivity contribution is 7.07. The summed E-state index contributed by atoms with van der Waals surface area (Å²) in [5.74, 6) is -1.69. The summed E-state index contributed by atoms with van der Waals surface area (Å²) in [7, 11) is 0. The van der Waals surface area contributed by atoms with Crippen LogP contribution in [-0.2, 0) is 20.8 Å². The van der Waals surface area contributed by atoms with Gasteiger partial charge in [-0.2, -0.15) is 25.7 Å². The average Bonchev–Trinajstić information content (AvgIpc) is 3.61. The first-order valence-corrected chi connectivity index (χ1v) is 13.9. The number of alkyl carbamates (subject to hydrolysis) is 1. The molecule has 2 aliphatic rings. The maximum Gasteiger partial charge on any atom is 0.409 e. The largest absolute Gasteiger partial charge is 0.420 e. The smallest absolute Gasteiger partial charge is 0.409 e. The van der Waals surface area contributed by atoms with Crippen molar-refractivity contribution >= 4 is 46.6 Å². The Bertz CT molecular complexity index is 1030. The van der Waals surface area contributed by atoms with Gasteiger partial charge in [0.2, 0.25) is 23.3 Å². The van der Waals surface area contributed by atoms with E-state index in [0.717, 1.165) is 44.1 Å². The predicted molar refractivity (Wildman–Crippen MR) is 139 cm³/mol. The Morgan fingerprint density at radius 3 is 2.70 bits per heavy atom. The van der Waals surface area contributed by atoms with Gasteiger partial charge in [0, 0.05) is 19.5 Å². The number of aromatic nitrogens is 2. The van der Waals surface area contributed by atoms with Gasteiger partial charge in [0.15, 0.2) is 11.6 Å². The Morgan fingerprint density at radius 1 is 1.19 bits per heavy atom. The minimum atomic E-state index is -0.776. The normalized spacial score (nSPS) is 18.7. The van der Waals surface area contributed by atoms with Gasteiger partial charge in [-0.25, -0.2) is 4.79 Å². The fourth-order valence-corrected chi connectivity index (χ4v) is 5.36. The molecule has 2 aromatic heterocycles. The third kappa shape index (κ3) is 8.41. The summed E-state index contributed by atoms with van der Waals surface area (Å²) in [6.45, 7) is 0.998. The van der Waals surface area contributed by atoms with E-state index < -0.39 is 30.0 Å². The van der Waals surface area contributed by atoms with Gasteiger partial charge in [0.05, 0.1) is 12.5 Å². The van der Waals surface area contributed by atoms with E-state index in [1.54, 1.807) is 0 Å². The van der Waals surface area contributed by atoms with E-state index in [9.17, 15) is 14.0 Å². The van der Waals surface area contributed by atoms with E-state index in [1.807, 2.05) is 16.8 Å². The highest BCUT2D eigenvalue weighted by atomic mass is 35.5. The zero-order chi connectivity index (χ0) is 26.0. The molecule has 2 atom stereocenters. The number of carbonyl (C=O) groups is 2. The van der Waals surface area contributed by atoms with Gasteiger partial charge < -0.3 is 20.1 Å². The molecule has 2 fully saturated rings. The zero-order valence-electron chi connectivity index (χ0n) is 20.4. The molecular weight excluding hydrogens is 523 g/mol. The van der Waals surface area contributed by atoms with Crippen LogP contribution in [0.25, 0.3) is 0 Å². The fraction of sp³-hybridized carbons (Fsp3) is 0.583. The number of amides is 2. The monoisotopic (exact) mass is 554 g/mol. The second-order valence-corrected chi connectivity index (χ2v) is 10.4. The number of carbonyl (C=O) groups excluding carboxylic acids is 2. The van der Waals surface area contributed by atoms with Crippen LogP contribution in [0.5, 0.6) is 0 Å². The first-order chi connectivity index (χ1) is 18.0. The van der Waals surface area contributed by atoms with E-state index in [0.29, 0.717) is 31.9 Å². The number of ether oxygens (including phenoxy) is 2. The molecule has 0 spiro atoms. The van der Waals surface area contributed by atoms with Crippen molar-refractivity contribution in [3.63, 3.8) is 0 Å². The lowest BCUT2D eigenvalue weighted by molar-refractivity contribution is -0.127. The number of rotatable bonds is 11. The van der Waals surface area contributed by atoms with Crippen LogP contribution >= 0.6 is 22.9 Å². The average molecular weight is 555 g/mol. The van der Waals surface area contributed by atoms with Crippen LogP contribution in [0.3, 0.4) is 0 Å². The summed E-state index contributed by atoms with van der Waals surface area (Å²) in [6, 6.07) is 1.91. The highest BCUT2D eigenvalue weighted by Crippen LogP contribution is 2.30. The molecular formula is C24H32ClFN6O4S. The van der Waals surface area contributed by atoms with Crippen LogP contribution in [0.4, 0.5) is 20.8 Å². The zero-order valence-corrected chi connectivity index (χ0v) is 22.0. The van der Waals surface area contributed by atoms with Crippen molar-refractivity contribution in [1.29, 1.82) is 0 Å². The third-order valence-electron chi connectivity index (χ3n) is 6.50. The van der Waals surface area contributed by atoms with Crippen molar-refractivity contribution in [2.24, 2.45) is 11.8 Å². The number of nitrogens with zero attached hydrogens (tertiary/aromatic N) is 2. The third-order valence-corrected chi connectivity index (χ3v) is 7.40. The standard InChI is InChI=1S/C24H32ClFN6O4S/c25-23-29-20(27-12-16-8-10-37-14-16)19(26)21(30-23)31-32-22(33)17(11-15-5-1-2-6-15)13-28-24(34)36-18-7-3-4-9-35-18/h8,10,14-15,17-18H,1-7,9,11-13H2,(H,28,34)(H,32,33)(H2,27,29,30,31)/t17-,18?/m1/s1. The second-order valence-electron chi connectivity index (χ2n) is 9.27. The molecule has 3 heterocycles. The summed E-state index contributed by atoms with van der Waals surface area (Å²) < 4.78 is 25.7. The number of hydrogen-bond donors (Lipinski definition) is 4. The first-order valence-electron chi connectivity index (χ1n) is 12.6. The van der Waals surface area contributed by atoms with Crippen LogP contribution in [0.2, 0.25) is 5.28 Å². The lowest BCUT2D eigenvalue weighted by atomic mass is 9.92. The van der Waals surface area contributed by atoms with Crippen molar-refractivity contribution < 1.29 is 23.5 Å². The number of hydrogen-bond acceptors (Lipinski definition) is 9. The molecule has 0 bridgehead atoms. The number of thiophene rings is 1. The number of halogens is 2. The molecule has 37 heavy (non-hydrogen) atoms. The predicted octanol–water partition coefficient (Wildman–Crippen LogP) is 4.84. The Labute approximate surface area is 224 Å². The molecule has 4 rings (SSSR count). The molecule has 0 radical (unpaired) electrons. The van der Waals surface area contributed by atoms with E-state index in [4.69, 9.17) is 21.1 Å². The van der Waals surface area contributed by atoms with Crippen molar-refractivity contribution in [2.75, 3.05) is 23.9 Å². The van der Waals surface area contributed by atoms with Gasteiger partial charge in [-0.05, 0) is 59.2 Å². The molecule has 2 aromatic rings. The molecule has 1 aliphatic heterocycles. The Kier molecular flexibility index (Phi) is 10.1. The summed E-state index contributed by atoms with van der Waals surface area (Å²) in [6.07, 6.45) is 6.25. The Hall–Kier alpha value is -2.70. The summed E-state index contributed by atoms with van der Waals surface area (Å²) >= 11 is 7.52. The molecule has 1 unspecified atom stereocenters. The molecule has 13 heteroatoms. The number of anilines is 2. The first kappa shape index (κ1) is 27.3. The van der Waals surface area contributed by atoms with Gasteiger partial charge in [-0.1, -0.05) is 25.7 Å². The molecule has 202 valence electrons. The van der Waals surface area contributed by atoms with E-state index >= 15 is 0 Å². The van der Waals surface area contributed by atoms with Gasteiger partial charge in [-0.3, -0.25) is 15.6 Å². The lowest BCUT2D eigenvalue weighted by Gasteiger charge is -2.24. The SMILES string of the molecule is O=C(NC[C@@H](CC1CCCC1)C(=O)NNc1nc(Cl)nc(NCc2ccsc2)c1F)OC1CCCCO1. The quantitative estimate of drug-likeness (QED) is 0.230. The topological polar surface area (TPSA) is 127 Å². The van der Waals surface area contributed by atoms with E-state index in [2.05, 4.69) is 31.5 Å². The summed E-state index contributed by atoms with van der Waals surface area (Å²) in [5, 5.41) is 9.25. The minimum Gasteiger partial charge on any atom is -0.420 e. The van der Waals surface area contributed by atoms with Crippen LogP contribution in [0.15, 0.2) is 16.8 Å². The van der Waals surface area contributed by atoms with Gasteiger partial charge in [0.25, 0.3) is 0 Å². The second kappa shape index (κ2) is 13.7. The van der Waals surface area contributed by atoms with Crippen LogP contribution in [0.1, 0.15) is 56.9 Å². The fourth-order valence-electron chi connectivity index (χ4n) is 4.52. The molecule has 2 amide bonds. The molecule has 4 N–H and O–H groups in total. The number of hydrazine groups is 1. The molecule has 1 saturated heterocycles. The molecule has 1 aliphatic carbocycles. The van der Waals surface area contributed by atoms with Crippen LogP contribution in [0, 0.1) is 17.7 Å². The van der Waals surface area contributed by atoms with Crippen molar-refractivity contribution in [2.45, 2.75) is 64.2 Å². The summed E-state index contributed by atoms with van der Waals surface area (Å²) in [4.78, 5) is 33.1. The Balaban J connectivity index is 1.34. The van der Waals surface area contributed by atoms with Crippen LogP contribution in [-0.4, -0.2) is 41.4 Å².